The summed E-state index contributed by atoms with van der Waals surface area (Å²) in [5.41, 5.74) is 3.09. The van der Waals surface area contributed by atoms with Gasteiger partial charge >= 0.3 is 0 Å². The van der Waals surface area contributed by atoms with E-state index in [0.29, 0.717) is 0 Å². The van der Waals surface area contributed by atoms with Crippen molar-refractivity contribution in [2.75, 3.05) is 0 Å². The van der Waals surface area contributed by atoms with Gasteiger partial charge in [0.05, 0.1) is 16.4 Å². The Labute approximate surface area is 81.3 Å². The Kier molecular flexibility index (Phi) is 1.97. The van der Waals surface area contributed by atoms with Gasteiger partial charge in [0.2, 0.25) is 0 Å². The molecule has 64 valence electrons. The molecule has 13 heavy (non-hydrogen) atoms. The Bertz CT molecular complexity index is 493. The molecule has 1 heterocycles. The first-order chi connectivity index (χ1) is 6.33. The Balaban J connectivity index is 2.84. The normalized spacial score (nSPS) is 9.92. The highest BCUT2D eigenvalue weighted by molar-refractivity contribution is 7.78. The van der Waals surface area contributed by atoms with E-state index in [1.54, 1.807) is 0 Å². The van der Waals surface area contributed by atoms with Gasteiger partial charge in [0, 0.05) is 11.6 Å². The number of rotatable bonds is 1. The molecule has 0 atom stereocenters. The van der Waals surface area contributed by atoms with Crippen LogP contribution in [0.2, 0.25) is 0 Å². The lowest BCUT2D eigenvalue weighted by Gasteiger charge is -1.94. The fourth-order valence-electron chi connectivity index (χ4n) is 1.42. The van der Waals surface area contributed by atoms with Crippen LogP contribution in [0.25, 0.3) is 10.9 Å². The predicted molar refractivity (Wildman–Crippen MR) is 57.7 cm³/mol. The first kappa shape index (κ1) is 8.17. The van der Waals surface area contributed by atoms with Gasteiger partial charge < -0.3 is 4.98 Å². The van der Waals surface area contributed by atoms with Crippen LogP contribution in [0.3, 0.4) is 0 Å². The van der Waals surface area contributed by atoms with Gasteiger partial charge in [-0.1, -0.05) is 12.1 Å². The number of aromatic amines is 1. The van der Waals surface area contributed by atoms with E-state index in [0.717, 1.165) is 11.2 Å². The summed E-state index contributed by atoms with van der Waals surface area (Å²) in [5, 5.41) is 3.56. The molecule has 2 aromatic rings. The van der Waals surface area contributed by atoms with Gasteiger partial charge in [-0.2, -0.15) is 4.99 Å². The molecule has 0 fully saturated rings. The second-order valence-electron chi connectivity index (χ2n) is 2.87. The van der Waals surface area contributed by atoms with E-state index < -0.39 is 0 Å². The number of fused-ring (bicyclic) bond motifs is 1. The van der Waals surface area contributed by atoms with Crippen LogP contribution < -0.4 is 0 Å². The maximum Gasteiger partial charge on any atom is 0.0980 e. The first-order valence-electron chi connectivity index (χ1n) is 3.97. The molecule has 0 bridgehead atoms. The number of thiocarbonyl (C=S) groups is 1. The van der Waals surface area contributed by atoms with Gasteiger partial charge in [-0.3, -0.25) is 0 Å². The van der Waals surface area contributed by atoms with E-state index in [-0.39, 0.29) is 0 Å². The number of H-pyrrole nitrogens is 1. The Morgan fingerprint density at radius 3 is 3.08 bits per heavy atom. The van der Waals surface area contributed by atoms with Gasteiger partial charge in [-0.15, -0.1) is 0 Å². The summed E-state index contributed by atoms with van der Waals surface area (Å²) in [7, 11) is 0. The third-order valence-electron chi connectivity index (χ3n) is 2.07. The van der Waals surface area contributed by atoms with E-state index in [2.05, 4.69) is 40.3 Å². The maximum atomic E-state index is 4.57. The fraction of sp³-hybridized carbons (Fsp3) is 0.100. The summed E-state index contributed by atoms with van der Waals surface area (Å²) in [6.07, 6.45) is 1.97. The van der Waals surface area contributed by atoms with Gasteiger partial charge in [-0.05, 0) is 30.8 Å². The molecule has 1 aromatic carbocycles. The monoisotopic (exact) mass is 188 g/mol. The van der Waals surface area contributed by atoms with Crippen LogP contribution in [0.15, 0.2) is 29.4 Å². The topological polar surface area (TPSA) is 28.1 Å². The summed E-state index contributed by atoms with van der Waals surface area (Å²) in [6.45, 7) is 2.06. The predicted octanol–water partition coefficient (Wildman–Crippen LogP) is 3.21. The molecule has 0 unspecified atom stereocenters. The average Bonchev–Trinajstić information content (AvgIpc) is 2.50. The third-order valence-corrected chi connectivity index (χ3v) is 2.16. The Morgan fingerprint density at radius 2 is 2.31 bits per heavy atom. The minimum atomic E-state index is 0.848. The molecule has 1 aromatic heterocycles. The summed E-state index contributed by atoms with van der Waals surface area (Å²) >= 11 is 4.57. The van der Waals surface area contributed by atoms with E-state index in [9.17, 15) is 0 Å². The lowest BCUT2D eigenvalue weighted by Crippen LogP contribution is -1.70. The molecule has 0 saturated carbocycles. The number of aromatic nitrogens is 1. The van der Waals surface area contributed by atoms with Crippen molar-refractivity contribution >= 4 is 34.0 Å². The number of isothiocyanates is 1. The molecule has 3 heteroatoms. The molecule has 0 radical (unpaired) electrons. The molecule has 0 amide bonds. The van der Waals surface area contributed by atoms with Gasteiger partial charge in [-0.25, -0.2) is 0 Å². The summed E-state index contributed by atoms with van der Waals surface area (Å²) in [4.78, 5) is 7.14. The van der Waals surface area contributed by atoms with Gasteiger partial charge in [0.15, 0.2) is 0 Å². The molecular weight excluding hydrogens is 180 g/mol. The number of nitrogens with zero attached hydrogens (tertiary/aromatic N) is 1. The molecule has 0 saturated heterocycles. The second-order valence-corrected chi connectivity index (χ2v) is 3.06. The highest BCUT2D eigenvalue weighted by atomic mass is 32.1. The Morgan fingerprint density at radius 1 is 1.46 bits per heavy atom. The van der Waals surface area contributed by atoms with Crippen LogP contribution in [0.4, 0.5) is 5.69 Å². The number of hydrogen-bond donors (Lipinski definition) is 1. The van der Waals surface area contributed by atoms with Crippen molar-refractivity contribution in [2.24, 2.45) is 4.99 Å². The minimum Gasteiger partial charge on any atom is -0.359 e. The zero-order chi connectivity index (χ0) is 9.26. The number of hydrogen-bond acceptors (Lipinski definition) is 2. The quantitative estimate of drug-likeness (QED) is 0.540. The van der Waals surface area contributed by atoms with Crippen molar-refractivity contribution < 1.29 is 0 Å². The van der Waals surface area contributed by atoms with Crippen molar-refractivity contribution in [3.8, 4) is 0 Å². The molecule has 2 nitrogen and oxygen atoms in total. The van der Waals surface area contributed by atoms with Crippen molar-refractivity contribution in [3.05, 3.63) is 30.0 Å². The number of aryl methyl sites for hydroxylation is 1. The van der Waals surface area contributed by atoms with Crippen LogP contribution in [0.1, 0.15) is 5.56 Å². The smallest absolute Gasteiger partial charge is 0.0980 e. The lowest BCUT2D eigenvalue weighted by atomic mass is 10.2. The number of nitrogens with one attached hydrogen (secondary N) is 1. The highest BCUT2D eigenvalue weighted by Gasteiger charge is 2.02. The van der Waals surface area contributed by atoms with E-state index in [1.807, 2.05) is 18.3 Å². The first-order valence-corrected chi connectivity index (χ1v) is 4.38. The van der Waals surface area contributed by atoms with E-state index >= 15 is 0 Å². The van der Waals surface area contributed by atoms with Crippen LogP contribution >= 0.6 is 12.2 Å². The molecule has 0 aliphatic carbocycles. The minimum absolute atomic E-state index is 0.848. The highest BCUT2D eigenvalue weighted by Crippen LogP contribution is 2.26. The second kappa shape index (κ2) is 3.13. The fourth-order valence-corrected chi connectivity index (χ4v) is 1.52. The summed E-state index contributed by atoms with van der Waals surface area (Å²) in [6, 6.07) is 5.94. The summed E-state index contributed by atoms with van der Waals surface area (Å²) in [5.74, 6) is 0. The number of aliphatic imine (C=N–C) groups is 1. The van der Waals surface area contributed by atoms with E-state index in [1.165, 1.54) is 10.9 Å². The summed E-state index contributed by atoms with van der Waals surface area (Å²) < 4.78 is 0. The molecule has 0 spiro atoms. The van der Waals surface area contributed by atoms with Crippen LogP contribution in [0, 0.1) is 6.92 Å². The van der Waals surface area contributed by atoms with Crippen molar-refractivity contribution in [2.45, 2.75) is 6.92 Å². The number of para-hydroxylation sites is 1. The van der Waals surface area contributed by atoms with Gasteiger partial charge in [0.25, 0.3) is 0 Å². The van der Waals surface area contributed by atoms with Crippen molar-refractivity contribution in [3.63, 3.8) is 0 Å². The molecular formula is C10H8N2S. The SMILES string of the molecule is Cc1c[nH]c2c(N=C=S)cccc12. The van der Waals surface area contributed by atoms with Crippen molar-refractivity contribution in [1.29, 1.82) is 0 Å². The zero-order valence-corrected chi connectivity index (χ0v) is 7.98. The van der Waals surface area contributed by atoms with Crippen LogP contribution in [-0.4, -0.2) is 10.1 Å². The molecule has 0 aliphatic heterocycles. The van der Waals surface area contributed by atoms with Crippen LogP contribution in [0.5, 0.6) is 0 Å². The Hall–Kier alpha value is -1.44. The molecule has 1 N–H and O–H groups in total. The molecule has 2 rings (SSSR count). The average molecular weight is 188 g/mol. The van der Waals surface area contributed by atoms with Crippen LogP contribution in [-0.2, 0) is 0 Å². The molecule has 0 aliphatic rings. The lowest BCUT2D eigenvalue weighted by molar-refractivity contribution is 1.42. The maximum absolute atomic E-state index is 4.57. The van der Waals surface area contributed by atoms with E-state index in [4.69, 9.17) is 0 Å². The zero-order valence-electron chi connectivity index (χ0n) is 7.16. The van der Waals surface area contributed by atoms with Gasteiger partial charge in [0.1, 0.15) is 0 Å². The van der Waals surface area contributed by atoms with Crippen molar-refractivity contribution in [1.82, 2.24) is 4.98 Å². The number of benzene rings is 1. The standard InChI is InChI=1S/C10H8N2S/c1-7-5-11-10-8(7)3-2-4-9(10)12-6-13/h2-5,11H,1H3. The third kappa shape index (κ3) is 1.28. The largest absolute Gasteiger partial charge is 0.359 e.